The van der Waals surface area contributed by atoms with Crippen molar-refractivity contribution >= 4 is 22.1 Å². The first kappa shape index (κ1) is 10.1. The maximum atomic E-state index is 4.69. The third kappa shape index (κ3) is 1.55. The van der Waals surface area contributed by atoms with E-state index in [9.17, 15) is 0 Å². The van der Waals surface area contributed by atoms with Crippen LogP contribution in [0.5, 0.6) is 0 Å². The number of nitrogens with zero attached hydrogens (tertiary/aromatic N) is 4. The van der Waals surface area contributed by atoms with Crippen LogP contribution >= 0.6 is 0 Å². The molecule has 2 heterocycles. The van der Waals surface area contributed by atoms with Crippen molar-refractivity contribution in [2.24, 2.45) is 0 Å². The number of nitrogens with one attached hydrogen (secondary N) is 1. The lowest BCUT2D eigenvalue weighted by Gasteiger charge is -2.04. The number of aromatic nitrogens is 5. The smallest absolute Gasteiger partial charge is 0.115 e. The van der Waals surface area contributed by atoms with Crippen molar-refractivity contribution < 1.29 is 0 Å². The van der Waals surface area contributed by atoms with Crippen LogP contribution in [-0.2, 0) is 0 Å². The zero-order valence-electron chi connectivity index (χ0n) is 9.91. The molecule has 0 saturated carbocycles. The van der Waals surface area contributed by atoms with Crippen molar-refractivity contribution in [3.8, 4) is 11.3 Å². The first-order chi connectivity index (χ1) is 9.42. The predicted molar refractivity (Wildman–Crippen MR) is 72.4 cm³/mol. The fourth-order valence-electron chi connectivity index (χ4n) is 2.18. The summed E-state index contributed by atoms with van der Waals surface area (Å²) in [6.45, 7) is 0. The van der Waals surface area contributed by atoms with Gasteiger partial charge in [-0.3, -0.25) is 5.10 Å². The maximum absolute atomic E-state index is 4.69. The second-order valence-corrected chi connectivity index (χ2v) is 4.24. The summed E-state index contributed by atoms with van der Waals surface area (Å²) >= 11 is 0. The molecule has 0 aliphatic heterocycles. The van der Waals surface area contributed by atoms with Gasteiger partial charge >= 0.3 is 0 Å². The number of fused-ring (bicyclic) bond motifs is 2. The lowest BCUT2D eigenvalue weighted by atomic mass is 10.1. The molecule has 0 amide bonds. The maximum Gasteiger partial charge on any atom is 0.115 e. The Hall–Kier alpha value is -2.82. The minimum Gasteiger partial charge on any atom is -0.265 e. The topological polar surface area (TPSA) is 67.3 Å². The van der Waals surface area contributed by atoms with Gasteiger partial charge in [-0.2, -0.15) is 0 Å². The summed E-state index contributed by atoms with van der Waals surface area (Å²) in [4.78, 5) is 9.32. The Balaban J connectivity index is 2.12. The number of hydrogen-bond donors (Lipinski definition) is 1. The molecule has 4 rings (SSSR count). The molecule has 0 fully saturated rings. The van der Waals surface area contributed by atoms with E-state index in [0.29, 0.717) is 0 Å². The molecule has 4 aromatic rings. The van der Waals surface area contributed by atoms with E-state index in [1.165, 1.54) is 0 Å². The van der Waals surface area contributed by atoms with Gasteiger partial charge in [-0.15, -0.1) is 5.10 Å². The molecule has 5 nitrogen and oxygen atoms in total. The van der Waals surface area contributed by atoms with Gasteiger partial charge in [0.1, 0.15) is 5.69 Å². The molecule has 1 N–H and O–H groups in total. The monoisotopic (exact) mass is 247 g/mol. The van der Waals surface area contributed by atoms with Gasteiger partial charge in [0.05, 0.1) is 28.3 Å². The predicted octanol–water partition coefficient (Wildman–Crippen LogP) is 2.57. The highest BCUT2D eigenvalue weighted by molar-refractivity contribution is 5.94. The summed E-state index contributed by atoms with van der Waals surface area (Å²) in [7, 11) is 0. The first-order valence-corrected chi connectivity index (χ1v) is 5.94. The molecule has 5 heteroatoms. The Morgan fingerprint density at radius 2 is 1.58 bits per heavy atom. The zero-order chi connectivity index (χ0) is 12.7. The molecule has 2 aromatic carbocycles. The molecule has 0 aliphatic rings. The van der Waals surface area contributed by atoms with Crippen LogP contribution in [0.1, 0.15) is 0 Å². The quantitative estimate of drug-likeness (QED) is 0.525. The highest BCUT2D eigenvalue weighted by Gasteiger charge is 2.09. The van der Waals surface area contributed by atoms with Crippen molar-refractivity contribution in [1.82, 2.24) is 25.4 Å². The normalized spacial score (nSPS) is 11.2. The fraction of sp³-hybridized carbons (Fsp3) is 0. The number of H-pyrrole nitrogens is 1. The summed E-state index contributed by atoms with van der Waals surface area (Å²) in [5, 5.41) is 10.5. The van der Waals surface area contributed by atoms with Gasteiger partial charge in [0.2, 0.25) is 0 Å². The number of rotatable bonds is 1. The van der Waals surface area contributed by atoms with Crippen LogP contribution in [0.4, 0.5) is 0 Å². The Kier molecular flexibility index (Phi) is 2.05. The molecular weight excluding hydrogens is 238 g/mol. The molecule has 19 heavy (non-hydrogen) atoms. The Morgan fingerprint density at radius 3 is 2.37 bits per heavy atom. The number of aromatic amines is 1. The molecule has 0 unspecified atom stereocenters. The highest BCUT2D eigenvalue weighted by Crippen LogP contribution is 2.25. The molecule has 2 aromatic heterocycles. The standard InChI is InChI=1S/C14H9N5/c1-2-6-11-10(5-1)16-12-7-3-4-9(14(12)17-11)13-8-15-19-18-13/h1-8H,(H,15,18,19). The van der Waals surface area contributed by atoms with Gasteiger partial charge in [-0.1, -0.05) is 29.5 Å². The average molecular weight is 247 g/mol. The zero-order valence-corrected chi connectivity index (χ0v) is 9.91. The minimum absolute atomic E-state index is 0.773. The van der Waals surface area contributed by atoms with Crippen LogP contribution in [0.2, 0.25) is 0 Å². The average Bonchev–Trinajstić information content (AvgIpc) is 2.98. The van der Waals surface area contributed by atoms with Crippen molar-refractivity contribution in [2.45, 2.75) is 0 Å². The van der Waals surface area contributed by atoms with E-state index in [-0.39, 0.29) is 0 Å². The van der Waals surface area contributed by atoms with E-state index >= 15 is 0 Å². The lowest BCUT2D eigenvalue weighted by molar-refractivity contribution is 0.942. The fourth-order valence-corrected chi connectivity index (χ4v) is 2.18. The Bertz CT molecular complexity index is 867. The van der Waals surface area contributed by atoms with Crippen molar-refractivity contribution in [2.75, 3.05) is 0 Å². The van der Waals surface area contributed by atoms with Crippen LogP contribution < -0.4 is 0 Å². The van der Waals surface area contributed by atoms with Gasteiger partial charge in [-0.25, -0.2) is 9.97 Å². The van der Waals surface area contributed by atoms with E-state index in [0.717, 1.165) is 33.3 Å². The van der Waals surface area contributed by atoms with Crippen LogP contribution in [0.3, 0.4) is 0 Å². The highest BCUT2D eigenvalue weighted by atomic mass is 15.3. The lowest BCUT2D eigenvalue weighted by Crippen LogP contribution is -1.90. The number of para-hydroxylation sites is 3. The molecule has 0 bridgehead atoms. The van der Waals surface area contributed by atoms with E-state index in [4.69, 9.17) is 0 Å². The van der Waals surface area contributed by atoms with Gasteiger partial charge in [0, 0.05) is 5.56 Å². The Labute approximate surface area is 108 Å². The number of hydrogen-bond acceptors (Lipinski definition) is 4. The van der Waals surface area contributed by atoms with E-state index < -0.39 is 0 Å². The molecule has 0 radical (unpaired) electrons. The van der Waals surface area contributed by atoms with Crippen LogP contribution in [0, 0.1) is 0 Å². The van der Waals surface area contributed by atoms with Crippen molar-refractivity contribution in [1.29, 1.82) is 0 Å². The van der Waals surface area contributed by atoms with E-state index in [1.807, 2.05) is 42.5 Å². The second-order valence-electron chi connectivity index (χ2n) is 4.24. The summed E-state index contributed by atoms with van der Waals surface area (Å²) in [5.74, 6) is 0. The van der Waals surface area contributed by atoms with E-state index in [1.54, 1.807) is 6.20 Å². The van der Waals surface area contributed by atoms with Gasteiger partial charge in [0.15, 0.2) is 0 Å². The summed E-state index contributed by atoms with van der Waals surface area (Å²) in [5.41, 5.74) is 5.19. The number of benzene rings is 2. The summed E-state index contributed by atoms with van der Waals surface area (Å²) in [6.07, 6.45) is 1.76. The van der Waals surface area contributed by atoms with Crippen molar-refractivity contribution in [3.05, 3.63) is 48.7 Å². The molecular formula is C14H9N5. The molecule has 0 spiro atoms. The molecule has 0 saturated heterocycles. The van der Waals surface area contributed by atoms with E-state index in [2.05, 4.69) is 25.4 Å². The third-order valence-corrected chi connectivity index (χ3v) is 3.06. The minimum atomic E-state index is 0.773. The van der Waals surface area contributed by atoms with Gasteiger partial charge in [0.25, 0.3) is 0 Å². The second kappa shape index (κ2) is 3.84. The molecule has 0 atom stereocenters. The summed E-state index contributed by atoms with van der Waals surface area (Å²) in [6, 6.07) is 13.7. The van der Waals surface area contributed by atoms with Crippen LogP contribution in [0.15, 0.2) is 48.7 Å². The van der Waals surface area contributed by atoms with Crippen LogP contribution in [0.25, 0.3) is 33.3 Å². The summed E-state index contributed by atoms with van der Waals surface area (Å²) < 4.78 is 0. The van der Waals surface area contributed by atoms with Gasteiger partial charge in [-0.05, 0) is 18.2 Å². The Morgan fingerprint density at radius 1 is 0.789 bits per heavy atom. The first-order valence-electron chi connectivity index (χ1n) is 5.94. The largest absolute Gasteiger partial charge is 0.265 e. The SMILES string of the molecule is c1ccc2nc3c(-c4c[nH]nn4)cccc3nc2c1. The van der Waals surface area contributed by atoms with Gasteiger partial charge < -0.3 is 0 Å². The van der Waals surface area contributed by atoms with Crippen LogP contribution in [-0.4, -0.2) is 25.4 Å². The molecule has 0 aliphatic carbocycles. The third-order valence-electron chi connectivity index (χ3n) is 3.06. The molecule has 90 valence electrons. The van der Waals surface area contributed by atoms with Crippen molar-refractivity contribution in [3.63, 3.8) is 0 Å².